The quantitative estimate of drug-likeness (QED) is 0.611. The number of aromatic nitrogens is 1. The van der Waals surface area contributed by atoms with Gasteiger partial charge in [-0.1, -0.05) is 13.8 Å². The number of amides is 1. The van der Waals surface area contributed by atoms with Crippen LogP contribution in [0.5, 0.6) is 0 Å². The van der Waals surface area contributed by atoms with Crippen molar-refractivity contribution >= 4 is 17.2 Å². The van der Waals surface area contributed by atoms with Gasteiger partial charge in [-0.25, -0.2) is 0 Å². The van der Waals surface area contributed by atoms with Crippen LogP contribution < -0.4 is 10.2 Å². The molecule has 2 aromatic heterocycles. The molecule has 6 nitrogen and oxygen atoms in total. The summed E-state index contributed by atoms with van der Waals surface area (Å²) in [5.41, 5.74) is 1.87. The van der Waals surface area contributed by atoms with Crippen molar-refractivity contribution in [3.05, 3.63) is 36.0 Å². The molecule has 4 rings (SSSR count). The Hall–Kier alpha value is -2.05. The minimum Gasteiger partial charge on any atom is -0.355 e. The van der Waals surface area contributed by atoms with Crippen LogP contribution in [-0.2, 0) is 0 Å². The number of rotatable bonds is 10. The summed E-state index contributed by atoms with van der Waals surface area (Å²) >= 11 is 0. The summed E-state index contributed by atoms with van der Waals surface area (Å²) in [7, 11) is 0. The van der Waals surface area contributed by atoms with Crippen molar-refractivity contribution in [2.45, 2.75) is 33.1 Å². The van der Waals surface area contributed by atoms with Gasteiger partial charge in [-0.05, 0) is 69.1 Å². The molecule has 164 valence electrons. The lowest BCUT2D eigenvalue weighted by molar-refractivity contribution is 0.0951. The molecular formula is C24H37N5O. The van der Waals surface area contributed by atoms with Crippen LogP contribution in [-0.4, -0.2) is 79.0 Å². The van der Waals surface area contributed by atoms with Gasteiger partial charge in [-0.15, -0.1) is 0 Å². The van der Waals surface area contributed by atoms with E-state index in [-0.39, 0.29) is 5.91 Å². The molecular weight excluding hydrogens is 374 g/mol. The molecule has 0 bridgehead atoms. The van der Waals surface area contributed by atoms with Crippen molar-refractivity contribution < 1.29 is 4.79 Å². The maximum absolute atomic E-state index is 12.7. The summed E-state index contributed by atoms with van der Waals surface area (Å²) in [6.45, 7) is 13.9. The molecule has 0 radical (unpaired) electrons. The number of nitrogens with one attached hydrogen (secondary N) is 1. The fourth-order valence-electron chi connectivity index (χ4n) is 4.45. The highest BCUT2D eigenvalue weighted by atomic mass is 16.1. The molecule has 0 atom stereocenters. The zero-order valence-corrected chi connectivity index (χ0v) is 18.6. The largest absolute Gasteiger partial charge is 0.355 e. The number of fused-ring (bicyclic) bond motifs is 1. The molecule has 1 aliphatic carbocycles. The van der Waals surface area contributed by atoms with E-state index in [1.54, 1.807) is 0 Å². The average molecular weight is 412 g/mol. The second-order valence-electron chi connectivity index (χ2n) is 8.77. The highest BCUT2D eigenvalue weighted by molar-refractivity contribution is 5.94. The van der Waals surface area contributed by atoms with Crippen LogP contribution in [0.25, 0.3) is 5.52 Å². The molecule has 2 aliphatic rings. The maximum atomic E-state index is 12.7. The molecule has 6 heteroatoms. The van der Waals surface area contributed by atoms with Gasteiger partial charge in [0.05, 0.1) is 5.56 Å². The molecule has 2 aromatic rings. The molecule has 0 aromatic carbocycles. The standard InChI is InChI=1S/C24H37N5O/c1-3-26(4-2)13-5-12-25-24(30)21-8-9-22-10-11-23(29(22)19-21)28-16-14-27(15-17-28)18-20-6-7-20/h8-11,19-20H,3-7,12-18H2,1-2H3,(H,25,30). The highest BCUT2D eigenvalue weighted by Crippen LogP contribution is 2.30. The van der Waals surface area contributed by atoms with Crippen LogP contribution in [0.1, 0.15) is 43.5 Å². The Morgan fingerprint density at radius 2 is 1.80 bits per heavy atom. The van der Waals surface area contributed by atoms with Crippen molar-refractivity contribution in [1.29, 1.82) is 0 Å². The van der Waals surface area contributed by atoms with Crippen molar-refractivity contribution in [1.82, 2.24) is 19.5 Å². The van der Waals surface area contributed by atoms with Crippen LogP contribution in [0.15, 0.2) is 30.5 Å². The van der Waals surface area contributed by atoms with Crippen LogP contribution in [0.4, 0.5) is 5.82 Å². The van der Waals surface area contributed by atoms with Gasteiger partial charge >= 0.3 is 0 Å². The summed E-state index contributed by atoms with van der Waals surface area (Å²) < 4.78 is 2.18. The van der Waals surface area contributed by atoms with Crippen LogP contribution in [0.3, 0.4) is 0 Å². The Morgan fingerprint density at radius 1 is 1.07 bits per heavy atom. The molecule has 3 heterocycles. The number of anilines is 1. The zero-order valence-electron chi connectivity index (χ0n) is 18.6. The predicted octanol–water partition coefficient (Wildman–Crippen LogP) is 2.93. The Kier molecular flexibility index (Phi) is 6.95. The van der Waals surface area contributed by atoms with E-state index in [1.807, 2.05) is 12.3 Å². The van der Waals surface area contributed by atoms with Gasteiger partial charge in [-0.2, -0.15) is 0 Å². The van der Waals surface area contributed by atoms with Crippen LogP contribution >= 0.6 is 0 Å². The summed E-state index contributed by atoms with van der Waals surface area (Å²) in [6, 6.07) is 8.33. The topological polar surface area (TPSA) is 43.2 Å². The van der Waals surface area contributed by atoms with Gasteiger partial charge in [0.25, 0.3) is 5.91 Å². The summed E-state index contributed by atoms with van der Waals surface area (Å²) in [5, 5.41) is 3.09. The fourth-order valence-corrected chi connectivity index (χ4v) is 4.45. The first-order valence-electron chi connectivity index (χ1n) is 11.8. The lowest BCUT2D eigenvalue weighted by Crippen LogP contribution is -2.47. The third-order valence-corrected chi connectivity index (χ3v) is 6.63. The number of nitrogens with zero attached hydrogens (tertiary/aromatic N) is 4. The summed E-state index contributed by atoms with van der Waals surface area (Å²) in [6.07, 6.45) is 5.82. The molecule has 1 amide bonds. The first-order valence-corrected chi connectivity index (χ1v) is 11.8. The lowest BCUT2D eigenvalue weighted by atomic mass is 10.2. The number of carbonyl (C=O) groups excluding carboxylic acids is 1. The van der Waals surface area contributed by atoms with Crippen molar-refractivity contribution in [3.8, 4) is 0 Å². The number of piperazine rings is 1. The van der Waals surface area contributed by atoms with Gasteiger partial charge in [0, 0.05) is 51.0 Å². The molecule has 2 fully saturated rings. The van der Waals surface area contributed by atoms with E-state index in [2.05, 4.69) is 56.5 Å². The Bertz CT molecular complexity index is 831. The lowest BCUT2D eigenvalue weighted by Gasteiger charge is -2.35. The Balaban J connectivity index is 1.35. The van der Waals surface area contributed by atoms with Gasteiger partial charge in [0.1, 0.15) is 5.82 Å². The predicted molar refractivity (Wildman–Crippen MR) is 124 cm³/mol. The SMILES string of the molecule is CCN(CC)CCCNC(=O)c1ccc2ccc(N3CCN(CC4CC4)CC3)n2c1. The van der Waals surface area contributed by atoms with E-state index < -0.39 is 0 Å². The second-order valence-corrected chi connectivity index (χ2v) is 8.77. The molecule has 30 heavy (non-hydrogen) atoms. The smallest absolute Gasteiger partial charge is 0.252 e. The average Bonchev–Trinajstić information content (AvgIpc) is 3.49. The van der Waals surface area contributed by atoms with Gasteiger partial charge < -0.3 is 19.5 Å². The second kappa shape index (κ2) is 9.84. The molecule has 1 aliphatic heterocycles. The van der Waals surface area contributed by atoms with E-state index >= 15 is 0 Å². The van der Waals surface area contributed by atoms with Gasteiger partial charge in [0.2, 0.25) is 0 Å². The first-order chi connectivity index (χ1) is 14.7. The van der Waals surface area contributed by atoms with Crippen LogP contribution in [0.2, 0.25) is 0 Å². The van der Waals surface area contributed by atoms with Crippen molar-refractivity contribution in [2.24, 2.45) is 5.92 Å². The highest BCUT2D eigenvalue weighted by Gasteiger charge is 2.27. The Labute approximate surface area is 180 Å². The van der Waals surface area contributed by atoms with E-state index in [0.29, 0.717) is 0 Å². The van der Waals surface area contributed by atoms with Crippen molar-refractivity contribution in [2.75, 3.05) is 63.8 Å². The molecule has 0 spiro atoms. The molecule has 0 unspecified atom stereocenters. The third kappa shape index (κ3) is 5.16. The third-order valence-electron chi connectivity index (χ3n) is 6.63. The first kappa shape index (κ1) is 21.2. The molecule has 1 N–H and O–H groups in total. The minimum atomic E-state index is 0.0188. The maximum Gasteiger partial charge on any atom is 0.252 e. The van der Waals surface area contributed by atoms with E-state index in [4.69, 9.17) is 0 Å². The van der Waals surface area contributed by atoms with Gasteiger partial charge in [0.15, 0.2) is 0 Å². The van der Waals surface area contributed by atoms with Gasteiger partial charge in [-0.3, -0.25) is 9.69 Å². The number of pyridine rings is 1. The monoisotopic (exact) mass is 411 g/mol. The van der Waals surface area contributed by atoms with E-state index in [9.17, 15) is 4.79 Å². The molecule has 1 saturated heterocycles. The zero-order chi connectivity index (χ0) is 20.9. The van der Waals surface area contributed by atoms with E-state index in [1.165, 1.54) is 25.2 Å². The summed E-state index contributed by atoms with van der Waals surface area (Å²) in [5.74, 6) is 2.18. The molecule has 1 saturated carbocycles. The van der Waals surface area contributed by atoms with E-state index in [0.717, 1.165) is 75.8 Å². The van der Waals surface area contributed by atoms with Crippen molar-refractivity contribution in [3.63, 3.8) is 0 Å². The fraction of sp³-hybridized carbons (Fsp3) is 0.625. The summed E-state index contributed by atoms with van der Waals surface area (Å²) in [4.78, 5) is 20.1. The van der Waals surface area contributed by atoms with Crippen LogP contribution in [0, 0.1) is 5.92 Å². The number of carbonyl (C=O) groups is 1. The number of hydrogen-bond acceptors (Lipinski definition) is 4. The number of hydrogen-bond donors (Lipinski definition) is 1. The minimum absolute atomic E-state index is 0.0188. The Morgan fingerprint density at radius 3 is 2.50 bits per heavy atom. The normalized spacial score (nSPS) is 17.8.